The number of hydrogen-bond acceptors (Lipinski definition) is 5. The van der Waals surface area contributed by atoms with Crippen molar-refractivity contribution in [2.24, 2.45) is 0 Å². The topological polar surface area (TPSA) is 39.8 Å². The minimum atomic E-state index is -0.179. The van der Waals surface area contributed by atoms with Crippen molar-refractivity contribution in [3.8, 4) is 0 Å². The Labute approximate surface area is 160 Å². The van der Waals surface area contributed by atoms with E-state index in [-0.39, 0.29) is 5.82 Å². The van der Waals surface area contributed by atoms with Crippen LogP contribution in [0.2, 0.25) is 0 Å². The molecule has 4 rings (SSSR count). The zero-order valence-corrected chi connectivity index (χ0v) is 15.7. The molecule has 3 aliphatic rings. The van der Waals surface area contributed by atoms with E-state index in [0.717, 1.165) is 57.9 Å². The minimum absolute atomic E-state index is 0.179. The van der Waals surface area contributed by atoms with Crippen LogP contribution in [0.1, 0.15) is 6.42 Å². The molecule has 1 aromatic carbocycles. The highest BCUT2D eigenvalue weighted by atomic mass is 19.1. The van der Waals surface area contributed by atoms with E-state index in [1.165, 1.54) is 5.57 Å². The SMILES string of the molecule is Fc1ccc(N2CCNCC2C2CN(CC3=CCOC=CC3)CCN2)cc1. The van der Waals surface area contributed by atoms with Gasteiger partial charge in [0.1, 0.15) is 12.4 Å². The van der Waals surface area contributed by atoms with Gasteiger partial charge >= 0.3 is 0 Å². The molecule has 0 spiro atoms. The van der Waals surface area contributed by atoms with E-state index >= 15 is 0 Å². The molecule has 0 amide bonds. The first-order valence-corrected chi connectivity index (χ1v) is 9.93. The molecule has 0 aromatic heterocycles. The standard InChI is InChI=1S/C21H29FN4O/c22-18-3-5-19(6-4-18)26-11-8-23-14-21(26)20-16-25(10-9-24-20)15-17-2-1-12-27-13-7-17/h1,3-7,12,20-21,23-24H,2,8-11,13-16H2. The Hall–Kier alpha value is -1.89. The number of halogens is 1. The van der Waals surface area contributed by atoms with Crippen LogP contribution in [-0.4, -0.2) is 69.4 Å². The van der Waals surface area contributed by atoms with Crippen LogP contribution >= 0.6 is 0 Å². The lowest BCUT2D eigenvalue weighted by molar-refractivity contribution is 0.188. The van der Waals surface area contributed by atoms with Crippen LogP contribution in [-0.2, 0) is 4.74 Å². The normalized spacial score (nSPS) is 27.0. The first kappa shape index (κ1) is 18.5. The Morgan fingerprint density at radius 2 is 2.04 bits per heavy atom. The number of piperazine rings is 2. The molecule has 2 fully saturated rings. The number of benzene rings is 1. The molecule has 0 saturated carbocycles. The Balaban J connectivity index is 1.43. The Bertz CT molecular complexity index is 675. The molecule has 0 aliphatic carbocycles. The van der Waals surface area contributed by atoms with Gasteiger partial charge in [0, 0.05) is 57.5 Å². The minimum Gasteiger partial charge on any atom is -0.497 e. The molecule has 5 nitrogen and oxygen atoms in total. The smallest absolute Gasteiger partial charge is 0.123 e. The van der Waals surface area contributed by atoms with Crippen molar-refractivity contribution >= 4 is 5.69 Å². The van der Waals surface area contributed by atoms with E-state index in [1.807, 2.05) is 12.1 Å². The molecule has 2 unspecified atom stereocenters. The average Bonchev–Trinajstić information content (AvgIpc) is 2.98. The number of ether oxygens (including phenoxy) is 1. The van der Waals surface area contributed by atoms with Gasteiger partial charge in [0.2, 0.25) is 0 Å². The largest absolute Gasteiger partial charge is 0.497 e. The van der Waals surface area contributed by atoms with Crippen LogP contribution in [0.4, 0.5) is 10.1 Å². The summed E-state index contributed by atoms with van der Waals surface area (Å²) in [5.41, 5.74) is 2.54. The number of allylic oxidation sites excluding steroid dienone is 1. The number of nitrogens with one attached hydrogen (secondary N) is 2. The number of nitrogens with zero attached hydrogens (tertiary/aromatic N) is 2. The molecule has 6 heteroatoms. The predicted molar refractivity (Wildman–Crippen MR) is 106 cm³/mol. The molecule has 146 valence electrons. The lowest BCUT2D eigenvalue weighted by Crippen LogP contribution is -2.65. The summed E-state index contributed by atoms with van der Waals surface area (Å²) in [7, 11) is 0. The lowest BCUT2D eigenvalue weighted by atomic mass is 10.00. The van der Waals surface area contributed by atoms with E-state index < -0.39 is 0 Å². The van der Waals surface area contributed by atoms with Crippen molar-refractivity contribution in [3.05, 3.63) is 54.1 Å². The van der Waals surface area contributed by atoms with E-state index in [0.29, 0.717) is 18.7 Å². The van der Waals surface area contributed by atoms with Crippen LogP contribution in [0, 0.1) is 5.82 Å². The van der Waals surface area contributed by atoms with Crippen molar-refractivity contribution < 1.29 is 9.13 Å². The van der Waals surface area contributed by atoms with Gasteiger partial charge in [-0.05, 0) is 42.8 Å². The second-order valence-corrected chi connectivity index (χ2v) is 7.51. The molecule has 2 atom stereocenters. The second-order valence-electron chi connectivity index (χ2n) is 7.51. The van der Waals surface area contributed by atoms with Gasteiger partial charge in [-0.2, -0.15) is 0 Å². The molecule has 3 heterocycles. The van der Waals surface area contributed by atoms with E-state index in [2.05, 4.69) is 32.6 Å². The summed E-state index contributed by atoms with van der Waals surface area (Å²) in [6, 6.07) is 7.66. The molecule has 0 bridgehead atoms. The highest BCUT2D eigenvalue weighted by Crippen LogP contribution is 2.22. The van der Waals surface area contributed by atoms with Gasteiger partial charge in [-0.1, -0.05) is 5.57 Å². The number of hydrogen-bond donors (Lipinski definition) is 2. The highest BCUT2D eigenvalue weighted by Gasteiger charge is 2.33. The quantitative estimate of drug-likeness (QED) is 0.788. The fraction of sp³-hybridized carbons (Fsp3) is 0.524. The van der Waals surface area contributed by atoms with Gasteiger partial charge in [-0.25, -0.2) is 4.39 Å². The zero-order valence-electron chi connectivity index (χ0n) is 15.7. The summed E-state index contributed by atoms with van der Waals surface area (Å²) in [5.74, 6) is -0.179. The molecule has 3 aliphatic heterocycles. The van der Waals surface area contributed by atoms with Crippen LogP contribution < -0.4 is 15.5 Å². The van der Waals surface area contributed by atoms with Gasteiger partial charge < -0.3 is 20.3 Å². The maximum absolute atomic E-state index is 13.3. The van der Waals surface area contributed by atoms with Gasteiger partial charge in [0.25, 0.3) is 0 Å². The van der Waals surface area contributed by atoms with Crippen LogP contribution in [0.5, 0.6) is 0 Å². The average molecular weight is 372 g/mol. The second kappa shape index (κ2) is 8.87. The van der Waals surface area contributed by atoms with Gasteiger partial charge in [-0.3, -0.25) is 4.90 Å². The van der Waals surface area contributed by atoms with Crippen LogP contribution in [0.3, 0.4) is 0 Å². The molecule has 2 saturated heterocycles. The Morgan fingerprint density at radius 3 is 2.93 bits per heavy atom. The summed E-state index contributed by atoms with van der Waals surface area (Å²) in [5, 5.41) is 7.26. The molecular weight excluding hydrogens is 343 g/mol. The fourth-order valence-electron chi connectivity index (χ4n) is 4.27. The first-order valence-electron chi connectivity index (χ1n) is 9.93. The summed E-state index contributed by atoms with van der Waals surface area (Å²) < 4.78 is 18.7. The van der Waals surface area contributed by atoms with Gasteiger partial charge in [-0.15, -0.1) is 0 Å². The number of anilines is 1. The van der Waals surface area contributed by atoms with E-state index in [4.69, 9.17) is 4.74 Å². The summed E-state index contributed by atoms with van der Waals surface area (Å²) in [4.78, 5) is 4.97. The maximum atomic E-state index is 13.3. The van der Waals surface area contributed by atoms with Crippen molar-refractivity contribution in [2.45, 2.75) is 18.5 Å². The van der Waals surface area contributed by atoms with Crippen LogP contribution in [0.15, 0.2) is 48.3 Å². The van der Waals surface area contributed by atoms with Crippen molar-refractivity contribution in [1.29, 1.82) is 0 Å². The summed E-state index contributed by atoms with van der Waals surface area (Å²) in [6.07, 6.45) is 7.09. The predicted octanol–water partition coefficient (Wildman–Crippen LogP) is 1.74. The lowest BCUT2D eigenvalue weighted by Gasteiger charge is -2.46. The third-order valence-corrected chi connectivity index (χ3v) is 5.66. The third-order valence-electron chi connectivity index (χ3n) is 5.66. The molecule has 0 radical (unpaired) electrons. The molecule has 2 N–H and O–H groups in total. The van der Waals surface area contributed by atoms with Gasteiger partial charge in [0.15, 0.2) is 0 Å². The van der Waals surface area contributed by atoms with E-state index in [9.17, 15) is 4.39 Å². The molecule has 27 heavy (non-hydrogen) atoms. The Kier molecular flexibility index (Phi) is 6.07. The summed E-state index contributed by atoms with van der Waals surface area (Å²) >= 11 is 0. The highest BCUT2D eigenvalue weighted by molar-refractivity contribution is 5.48. The number of rotatable bonds is 4. The first-order chi connectivity index (χ1) is 13.3. The van der Waals surface area contributed by atoms with Crippen LogP contribution in [0.25, 0.3) is 0 Å². The monoisotopic (exact) mass is 372 g/mol. The molecule has 1 aromatic rings. The fourth-order valence-corrected chi connectivity index (χ4v) is 4.27. The maximum Gasteiger partial charge on any atom is 0.123 e. The Morgan fingerprint density at radius 1 is 1.15 bits per heavy atom. The summed E-state index contributed by atoms with van der Waals surface area (Å²) in [6.45, 7) is 7.61. The van der Waals surface area contributed by atoms with Crippen molar-refractivity contribution in [2.75, 3.05) is 57.3 Å². The van der Waals surface area contributed by atoms with Crippen molar-refractivity contribution in [3.63, 3.8) is 0 Å². The zero-order chi connectivity index (χ0) is 18.5. The van der Waals surface area contributed by atoms with Gasteiger partial charge in [0.05, 0.1) is 12.3 Å². The van der Waals surface area contributed by atoms with Crippen molar-refractivity contribution in [1.82, 2.24) is 15.5 Å². The third kappa shape index (κ3) is 4.69. The molecular formula is C21H29FN4O. The van der Waals surface area contributed by atoms with E-state index in [1.54, 1.807) is 18.4 Å².